The van der Waals surface area contributed by atoms with Crippen LogP contribution in [0.4, 0.5) is 8.78 Å². The third-order valence-corrected chi connectivity index (χ3v) is 7.83. The average Bonchev–Trinajstić information content (AvgIpc) is 3.46. The summed E-state index contributed by atoms with van der Waals surface area (Å²) in [4.78, 5) is 30.2. The van der Waals surface area contributed by atoms with Crippen LogP contribution in [0.5, 0.6) is 5.75 Å². The minimum absolute atomic E-state index is 0. The Hall–Kier alpha value is -3.42. The Bertz CT molecular complexity index is 1560. The van der Waals surface area contributed by atoms with Gasteiger partial charge in [-0.05, 0) is 71.7 Å². The first kappa shape index (κ1) is 34.1. The van der Waals surface area contributed by atoms with Gasteiger partial charge in [0.25, 0.3) is 5.91 Å². The van der Waals surface area contributed by atoms with Crippen LogP contribution in [-0.4, -0.2) is 65.5 Å². The predicted octanol–water partition coefficient (Wildman–Crippen LogP) is 6.39. The van der Waals surface area contributed by atoms with Gasteiger partial charge in [0.15, 0.2) is 0 Å². The summed E-state index contributed by atoms with van der Waals surface area (Å²) >= 11 is 2.96. The zero-order chi connectivity index (χ0) is 30.1. The van der Waals surface area contributed by atoms with Gasteiger partial charge in [-0.1, -0.05) is 36.4 Å². The molecule has 0 aliphatic carbocycles. The molecule has 1 atom stereocenters. The second-order valence-corrected chi connectivity index (χ2v) is 11.5. The molecule has 1 aromatic heterocycles. The molecule has 1 amide bonds. The van der Waals surface area contributed by atoms with Crippen LogP contribution in [0.3, 0.4) is 0 Å². The standard InChI is InChI=1S/C32H30F2N2O4S2.Li.H/c1-20-5-3-4-6-27(20)29-13-21(7-8-28(29)31(37)36-30(32(38)39)9-10-41-2)11-22(12-26-17-35-19-42-26)18-40-25-15-23(33)14-24(34)16-25;;/h3-8,12-17,19,30H,9-11,18H2,1-2H3,(H,36,37)(H,38,39);;/b22-12+;;. The molecule has 4 aromatic rings. The number of rotatable bonds is 13. The van der Waals surface area contributed by atoms with Gasteiger partial charge in [0.05, 0.1) is 5.51 Å². The Morgan fingerprint density at radius 3 is 2.49 bits per heavy atom. The molecule has 4 rings (SSSR count). The quantitative estimate of drug-likeness (QED) is 0.169. The third kappa shape index (κ3) is 9.80. The van der Waals surface area contributed by atoms with Gasteiger partial charge in [0.1, 0.15) is 30.0 Å². The first-order chi connectivity index (χ1) is 20.2. The van der Waals surface area contributed by atoms with E-state index in [0.717, 1.165) is 45.3 Å². The molecule has 0 saturated carbocycles. The molecule has 0 fully saturated rings. The summed E-state index contributed by atoms with van der Waals surface area (Å²) in [6.45, 7) is 2.02. The van der Waals surface area contributed by atoms with Gasteiger partial charge in [0, 0.05) is 34.8 Å². The maximum absolute atomic E-state index is 13.7. The molecule has 0 radical (unpaired) electrons. The number of amides is 1. The fraction of sp³-hybridized carbons (Fsp3) is 0.219. The third-order valence-electron chi connectivity index (χ3n) is 6.47. The van der Waals surface area contributed by atoms with E-state index in [1.807, 2.05) is 55.7 Å². The summed E-state index contributed by atoms with van der Waals surface area (Å²) < 4.78 is 33.2. The van der Waals surface area contributed by atoms with Gasteiger partial charge in [-0.15, -0.1) is 11.3 Å². The van der Waals surface area contributed by atoms with E-state index in [0.29, 0.717) is 29.7 Å². The van der Waals surface area contributed by atoms with Gasteiger partial charge in [0.2, 0.25) is 0 Å². The van der Waals surface area contributed by atoms with Crippen molar-refractivity contribution in [3.8, 4) is 16.9 Å². The second-order valence-electron chi connectivity index (χ2n) is 9.62. The van der Waals surface area contributed by atoms with Crippen LogP contribution >= 0.6 is 23.1 Å². The Balaban J connectivity index is 0.00000506. The normalized spacial score (nSPS) is 11.9. The summed E-state index contributed by atoms with van der Waals surface area (Å²) in [6, 6.07) is 15.1. The Morgan fingerprint density at radius 1 is 1.09 bits per heavy atom. The number of nitrogens with one attached hydrogen (secondary N) is 1. The van der Waals surface area contributed by atoms with E-state index in [9.17, 15) is 23.5 Å². The number of benzene rings is 3. The summed E-state index contributed by atoms with van der Waals surface area (Å²) in [5.74, 6) is -2.33. The van der Waals surface area contributed by atoms with E-state index in [4.69, 9.17) is 4.74 Å². The Labute approximate surface area is 269 Å². The number of carboxylic acids is 1. The van der Waals surface area contributed by atoms with Crippen molar-refractivity contribution in [1.29, 1.82) is 0 Å². The number of hydrogen-bond acceptors (Lipinski definition) is 6. The number of carbonyl (C=O) groups is 2. The molecule has 0 aliphatic rings. The molecular weight excluding hydrogens is 585 g/mol. The summed E-state index contributed by atoms with van der Waals surface area (Å²) in [6.07, 6.45) is 6.25. The van der Waals surface area contributed by atoms with Crippen LogP contribution in [0.25, 0.3) is 17.2 Å². The topological polar surface area (TPSA) is 88.5 Å². The van der Waals surface area contributed by atoms with Gasteiger partial charge in [-0.25, -0.2) is 13.6 Å². The van der Waals surface area contributed by atoms with Gasteiger partial charge in [-0.2, -0.15) is 11.8 Å². The fourth-order valence-electron chi connectivity index (χ4n) is 4.42. The van der Waals surface area contributed by atoms with Crippen LogP contribution in [0, 0.1) is 18.6 Å². The van der Waals surface area contributed by atoms with Gasteiger partial charge >= 0.3 is 24.8 Å². The molecular formula is C32H31F2LiN2O4S2. The number of aryl methyl sites for hydroxylation is 1. The van der Waals surface area contributed by atoms with Crippen molar-refractivity contribution in [3.05, 3.63) is 111 Å². The fourth-order valence-corrected chi connectivity index (χ4v) is 5.49. The number of halogens is 2. The van der Waals surface area contributed by atoms with Crippen molar-refractivity contribution in [2.75, 3.05) is 18.6 Å². The Morgan fingerprint density at radius 2 is 1.84 bits per heavy atom. The molecule has 0 spiro atoms. The summed E-state index contributed by atoms with van der Waals surface area (Å²) in [5.41, 5.74) is 6.23. The van der Waals surface area contributed by atoms with Crippen LogP contribution in [-0.2, 0) is 11.2 Å². The first-order valence-electron chi connectivity index (χ1n) is 13.1. The van der Waals surface area contributed by atoms with E-state index in [1.54, 1.807) is 17.8 Å². The van der Waals surface area contributed by atoms with E-state index < -0.39 is 29.6 Å². The van der Waals surface area contributed by atoms with Crippen LogP contribution < -0.4 is 10.1 Å². The molecule has 0 aliphatic heterocycles. The number of hydrogen-bond donors (Lipinski definition) is 2. The summed E-state index contributed by atoms with van der Waals surface area (Å²) in [5, 5.41) is 12.3. The molecule has 0 bridgehead atoms. The zero-order valence-electron chi connectivity index (χ0n) is 23.1. The van der Waals surface area contributed by atoms with Crippen molar-refractivity contribution in [2.24, 2.45) is 0 Å². The molecule has 11 heteroatoms. The number of carbonyl (C=O) groups excluding carboxylic acids is 1. The van der Waals surface area contributed by atoms with E-state index in [1.165, 1.54) is 23.1 Å². The molecule has 2 N–H and O–H groups in total. The Kier molecular flexibility index (Phi) is 13.0. The molecule has 220 valence electrons. The molecule has 1 heterocycles. The number of thiazole rings is 1. The van der Waals surface area contributed by atoms with Crippen molar-refractivity contribution >= 4 is 59.9 Å². The number of thioether (sulfide) groups is 1. The number of nitrogens with zero attached hydrogens (tertiary/aromatic N) is 1. The van der Waals surface area contributed by atoms with Crippen LogP contribution in [0.15, 0.2) is 77.9 Å². The zero-order valence-corrected chi connectivity index (χ0v) is 24.7. The first-order valence-corrected chi connectivity index (χ1v) is 15.4. The van der Waals surface area contributed by atoms with Crippen LogP contribution in [0.1, 0.15) is 32.8 Å². The number of ether oxygens (including phenoxy) is 1. The molecule has 43 heavy (non-hydrogen) atoms. The number of aliphatic carboxylic acids is 1. The van der Waals surface area contributed by atoms with Crippen molar-refractivity contribution in [3.63, 3.8) is 0 Å². The van der Waals surface area contributed by atoms with Crippen molar-refractivity contribution < 1.29 is 28.2 Å². The van der Waals surface area contributed by atoms with Crippen molar-refractivity contribution in [1.82, 2.24) is 10.3 Å². The second kappa shape index (κ2) is 16.4. The van der Waals surface area contributed by atoms with Gasteiger partial charge < -0.3 is 15.2 Å². The van der Waals surface area contributed by atoms with E-state index in [-0.39, 0.29) is 31.2 Å². The molecule has 1 unspecified atom stereocenters. The van der Waals surface area contributed by atoms with E-state index in [2.05, 4.69) is 10.3 Å². The minimum atomic E-state index is -1.08. The number of aromatic nitrogens is 1. The van der Waals surface area contributed by atoms with Gasteiger partial charge in [-0.3, -0.25) is 9.78 Å². The monoisotopic (exact) mass is 616 g/mol. The molecule has 3 aromatic carbocycles. The SMILES string of the molecule is CSCCC(NC(=O)c1ccc(C/C(=C\c2cncs2)COc2cc(F)cc(F)c2)cc1-c1ccccc1C)C(=O)O.[LiH]. The predicted molar refractivity (Wildman–Crippen MR) is 171 cm³/mol. The molecule has 0 saturated heterocycles. The maximum atomic E-state index is 13.7. The van der Waals surface area contributed by atoms with Crippen LogP contribution in [0.2, 0.25) is 0 Å². The molecule has 6 nitrogen and oxygen atoms in total. The van der Waals surface area contributed by atoms with E-state index >= 15 is 0 Å². The average molecular weight is 617 g/mol. The summed E-state index contributed by atoms with van der Waals surface area (Å²) in [7, 11) is 0. The number of carboxylic acid groups (broad SMARTS) is 1. The van der Waals surface area contributed by atoms with Crippen molar-refractivity contribution in [2.45, 2.75) is 25.8 Å².